The topological polar surface area (TPSA) is 47.9 Å². The number of carbonyl (C=O) groups excluding carboxylic acids is 1. The Morgan fingerprint density at radius 2 is 2.17 bits per heavy atom. The summed E-state index contributed by atoms with van der Waals surface area (Å²) in [5.74, 6) is -0.501. The Balaban J connectivity index is 4.43. The van der Waals surface area contributed by atoms with Gasteiger partial charge < -0.3 is 9.57 Å². The van der Waals surface area contributed by atoms with Crippen molar-refractivity contribution in [3.05, 3.63) is 0 Å². The molecule has 0 spiro atoms. The second-order valence-corrected chi connectivity index (χ2v) is 2.70. The molecule has 0 saturated heterocycles. The van der Waals surface area contributed by atoms with E-state index in [0.29, 0.717) is 6.42 Å². The van der Waals surface area contributed by atoms with Gasteiger partial charge in [-0.15, -0.1) is 0 Å². The summed E-state index contributed by atoms with van der Waals surface area (Å²) in [6.07, 6.45) is 0.695. The van der Waals surface area contributed by atoms with Crippen molar-refractivity contribution in [2.75, 3.05) is 14.2 Å². The Morgan fingerprint density at radius 1 is 1.58 bits per heavy atom. The van der Waals surface area contributed by atoms with Crippen molar-refractivity contribution in [1.29, 1.82) is 0 Å². The van der Waals surface area contributed by atoms with E-state index in [2.05, 4.69) is 27.4 Å². The molecule has 0 amide bonds. The highest BCUT2D eigenvalue weighted by Crippen LogP contribution is 2.05. The SMILES string of the molecule is CCC(S)C(=NOC)C(=O)OC. The lowest BCUT2D eigenvalue weighted by Crippen LogP contribution is -2.25. The molecule has 70 valence electrons. The third-order valence-corrected chi connectivity index (χ3v) is 1.90. The number of esters is 1. The van der Waals surface area contributed by atoms with Gasteiger partial charge >= 0.3 is 5.97 Å². The summed E-state index contributed by atoms with van der Waals surface area (Å²) in [5.41, 5.74) is 0.200. The fraction of sp³-hybridized carbons (Fsp3) is 0.714. The van der Waals surface area contributed by atoms with Gasteiger partial charge in [-0.25, -0.2) is 4.79 Å². The molecule has 0 N–H and O–H groups in total. The first kappa shape index (κ1) is 11.3. The first-order chi connectivity index (χ1) is 5.67. The van der Waals surface area contributed by atoms with Crippen LogP contribution in [0.5, 0.6) is 0 Å². The fourth-order valence-electron chi connectivity index (χ4n) is 0.630. The molecule has 0 bridgehead atoms. The minimum absolute atomic E-state index is 0.200. The summed E-state index contributed by atoms with van der Waals surface area (Å²) < 4.78 is 4.49. The van der Waals surface area contributed by atoms with Crippen LogP contribution in [0.15, 0.2) is 5.16 Å². The van der Waals surface area contributed by atoms with Crippen molar-refractivity contribution in [3.8, 4) is 0 Å². The van der Waals surface area contributed by atoms with Crippen LogP contribution in [0.3, 0.4) is 0 Å². The molecule has 4 nitrogen and oxygen atoms in total. The smallest absolute Gasteiger partial charge is 0.357 e. The zero-order valence-corrected chi connectivity index (χ0v) is 8.30. The van der Waals surface area contributed by atoms with Crippen molar-refractivity contribution in [2.24, 2.45) is 5.16 Å². The van der Waals surface area contributed by atoms with Crippen LogP contribution in [0.25, 0.3) is 0 Å². The molecule has 0 aliphatic carbocycles. The minimum Gasteiger partial charge on any atom is -0.464 e. The standard InChI is InChI=1S/C7H13NO3S/c1-4-5(12)6(8-11-3)7(9)10-2/h5,12H,4H2,1-3H3. The van der Waals surface area contributed by atoms with E-state index in [0.717, 1.165) is 0 Å². The summed E-state index contributed by atoms with van der Waals surface area (Å²) in [6.45, 7) is 1.89. The van der Waals surface area contributed by atoms with E-state index in [1.165, 1.54) is 14.2 Å². The molecule has 12 heavy (non-hydrogen) atoms. The Hall–Kier alpha value is -0.710. The number of rotatable bonds is 4. The molecule has 0 radical (unpaired) electrons. The van der Waals surface area contributed by atoms with Gasteiger partial charge in [0.2, 0.25) is 0 Å². The zero-order valence-electron chi connectivity index (χ0n) is 7.40. The van der Waals surface area contributed by atoms with Crippen LogP contribution < -0.4 is 0 Å². The number of methoxy groups -OCH3 is 1. The van der Waals surface area contributed by atoms with E-state index in [4.69, 9.17) is 0 Å². The summed E-state index contributed by atoms with van der Waals surface area (Å²) in [5, 5.41) is 3.29. The van der Waals surface area contributed by atoms with Crippen LogP contribution >= 0.6 is 12.6 Å². The maximum Gasteiger partial charge on any atom is 0.357 e. The quantitative estimate of drug-likeness (QED) is 0.310. The number of carbonyl (C=O) groups is 1. The summed E-state index contributed by atoms with van der Waals surface area (Å²) in [6, 6.07) is 0. The van der Waals surface area contributed by atoms with Gasteiger partial charge in [0.1, 0.15) is 7.11 Å². The maximum atomic E-state index is 11.0. The minimum atomic E-state index is -0.501. The predicted molar refractivity (Wildman–Crippen MR) is 49.5 cm³/mol. The van der Waals surface area contributed by atoms with E-state index in [1.807, 2.05) is 6.92 Å². The number of hydrogen-bond donors (Lipinski definition) is 1. The number of thiol groups is 1. The highest BCUT2D eigenvalue weighted by Gasteiger charge is 2.19. The molecule has 1 atom stereocenters. The highest BCUT2D eigenvalue weighted by atomic mass is 32.1. The molecule has 1 unspecified atom stereocenters. The van der Waals surface area contributed by atoms with Gasteiger partial charge in [0.15, 0.2) is 5.71 Å². The van der Waals surface area contributed by atoms with Gasteiger partial charge in [0, 0.05) is 0 Å². The summed E-state index contributed by atoms with van der Waals surface area (Å²) in [4.78, 5) is 15.5. The van der Waals surface area contributed by atoms with Gasteiger partial charge in [-0.05, 0) is 6.42 Å². The number of hydrogen-bond acceptors (Lipinski definition) is 5. The molecule has 5 heteroatoms. The van der Waals surface area contributed by atoms with E-state index in [1.54, 1.807) is 0 Å². The Bertz CT molecular complexity index is 181. The summed E-state index contributed by atoms with van der Waals surface area (Å²) >= 11 is 4.14. The van der Waals surface area contributed by atoms with Crippen LogP contribution in [0.1, 0.15) is 13.3 Å². The van der Waals surface area contributed by atoms with Crippen molar-refractivity contribution in [2.45, 2.75) is 18.6 Å². The summed E-state index contributed by atoms with van der Waals surface area (Å²) in [7, 11) is 2.67. The third-order valence-electron chi connectivity index (χ3n) is 1.29. The monoisotopic (exact) mass is 191 g/mol. The lowest BCUT2D eigenvalue weighted by atomic mass is 10.2. The van der Waals surface area contributed by atoms with Crippen molar-refractivity contribution < 1.29 is 14.4 Å². The number of ether oxygens (including phenoxy) is 1. The van der Waals surface area contributed by atoms with Gasteiger partial charge in [0.25, 0.3) is 0 Å². The molecule has 0 heterocycles. The molecular formula is C7H13NO3S. The largest absolute Gasteiger partial charge is 0.464 e. The average molecular weight is 191 g/mol. The third kappa shape index (κ3) is 3.13. The number of oxime groups is 1. The van der Waals surface area contributed by atoms with Gasteiger partial charge in [-0.1, -0.05) is 12.1 Å². The highest BCUT2D eigenvalue weighted by molar-refractivity contribution is 7.82. The average Bonchev–Trinajstić information content (AvgIpc) is 2.11. The van der Waals surface area contributed by atoms with E-state index in [9.17, 15) is 4.79 Å². The van der Waals surface area contributed by atoms with Crippen molar-refractivity contribution in [3.63, 3.8) is 0 Å². The molecule has 0 aromatic carbocycles. The second kappa shape index (κ2) is 5.88. The van der Waals surface area contributed by atoms with Crippen LogP contribution in [0, 0.1) is 0 Å². The van der Waals surface area contributed by atoms with Gasteiger partial charge in [0.05, 0.1) is 12.4 Å². The molecular weight excluding hydrogens is 178 g/mol. The first-order valence-corrected chi connectivity index (χ1v) is 4.06. The predicted octanol–water partition coefficient (Wildman–Crippen LogP) is 0.870. The molecule has 0 aliphatic rings. The molecule has 0 saturated carbocycles. The Labute approximate surface area is 77.3 Å². The van der Waals surface area contributed by atoms with Gasteiger partial charge in [-0.3, -0.25) is 0 Å². The normalized spacial score (nSPS) is 13.8. The van der Waals surface area contributed by atoms with Crippen LogP contribution in [-0.4, -0.2) is 31.2 Å². The molecule has 0 aromatic heterocycles. The molecule has 0 aromatic rings. The van der Waals surface area contributed by atoms with Crippen LogP contribution in [-0.2, 0) is 14.4 Å². The van der Waals surface area contributed by atoms with Crippen molar-refractivity contribution in [1.82, 2.24) is 0 Å². The van der Waals surface area contributed by atoms with Gasteiger partial charge in [-0.2, -0.15) is 12.6 Å². The van der Waals surface area contributed by atoms with Crippen molar-refractivity contribution >= 4 is 24.3 Å². The Kier molecular flexibility index (Phi) is 5.53. The Morgan fingerprint density at radius 3 is 2.50 bits per heavy atom. The molecule has 0 rings (SSSR count). The zero-order chi connectivity index (χ0) is 9.56. The van der Waals surface area contributed by atoms with Crippen LogP contribution in [0.2, 0.25) is 0 Å². The lowest BCUT2D eigenvalue weighted by Gasteiger charge is -2.07. The number of nitrogens with zero attached hydrogens (tertiary/aromatic N) is 1. The molecule has 0 aliphatic heterocycles. The molecule has 0 fully saturated rings. The van der Waals surface area contributed by atoms with E-state index < -0.39 is 5.97 Å². The second-order valence-electron chi connectivity index (χ2n) is 2.07. The fourth-order valence-corrected chi connectivity index (χ4v) is 0.783. The van der Waals surface area contributed by atoms with Crippen LogP contribution in [0.4, 0.5) is 0 Å². The lowest BCUT2D eigenvalue weighted by molar-refractivity contribution is -0.133. The van der Waals surface area contributed by atoms with E-state index >= 15 is 0 Å². The first-order valence-electron chi connectivity index (χ1n) is 3.54. The maximum absolute atomic E-state index is 11.0. The van der Waals surface area contributed by atoms with E-state index in [-0.39, 0.29) is 11.0 Å².